The summed E-state index contributed by atoms with van der Waals surface area (Å²) in [6.07, 6.45) is -0.519. The Morgan fingerprint density at radius 2 is 2.16 bits per heavy atom. The molecule has 0 aliphatic carbocycles. The van der Waals surface area contributed by atoms with Gasteiger partial charge >= 0.3 is 0 Å². The largest absolute Gasteiger partial charge is 0.493 e. The smallest absolute Gasteiger partial charge is 0.181 e. The van der Waals surface area contributed by atoms with Crippen LogP contribution in [0.4, 0.5) is 0 Å². The second-order valence-corrected chi connectivity index (χ2v) is 4.01. The second-order valence-electron chi connectivity index (χ2n) is 4.01. The van der Waals surface area contributed by atoms with Crippen LogP contribution in [0.2, 0.25) is 0 Å². The van der Waals surface area contributed by atoms with Crippen LogP contribution in [0.25, 0.3) is 0 Å². The Morgan fingerprint density at radius 3 is 2.79 bits per heavy atom. The van der Waals surface area contributed by atoms with E-state index in [0.717, 1.165) is 12.1 Å². The zero-order valence-corrected chi connectivity index (χ0v) is 11.6. The van der Waals surface area contributed by atoms with Gasteiger partial charge in [0.2, 0.25) is 0 Å². The molecule has 0 spiro atoms. The molecule has 0 heterocycles. The molecule has 5 nitrogen and oxygen atoms in total. The van der Waals surface area contributed by atoms with E-state index in [9.17, 15) is 0 Å². The van der Waals surface area contributed by atoms with E-state index in [0.29, 0.717) is 24.7 Å². The number of hydrogen-bond donors (Lipinski definition) is 1. The van der Waals surface area contributed by atoms with E-state index in [2.05, 4.69) is 11.4 Å². The lowest BCUT2D eigenvalue weighted by atomic mass is 10.1. The van der Waals surface area contributed by atoms with Crippen molar-refractivity contribution in [3.8, 4) is 17.6 Å². The van der Waals surface area contributed by atoms with Gasteiger partial charge in [-0.05, 0) is 13.0 Å². The minimum Gasteiger partial charge on any atom is -0.493 e. The standard InChI is InChI=1S/C14H20N2O3/c1-11(9-15)19-14-12(10-16-7-8-17-2)5-4-6-13(14)18-3/h4-6,11,16H,7-8,10H2,1-3H3. The van der Waals surface area contributed by atoms with E-state index in [1.165, 1.54) is 0 Å². The zero-order chi connectivity index (χ0) is 14.1. The third kappa shape index (κ3) is 4.78. The van der Waals surface area contributed by atoms with E-state index >= 15 is 0 Å². The fourth-order valence-corrected chi connectivity index (χ4v) is 1.60. The van der Waals surface area contributed by atoms with Crippen LogP contribution in [-0.4, -0.2) is 33.5 Å². The van der Waals surface area contributed by atoms with Crippen molar-refractivity contribution in [3.63, 3.8) is 0 Å². The molecule has 1 atom stereocenters. The van der Waals surface area contributed by atoms with Gasteiger partial charge in [0.1, 0.15) is 6.07 Å². The third-order valence-electron chi connectivity index (χ3n) is 2.56. The molecule has 0 fully saturated rings. The number of ether oxygens (including phenoxy) is 3. The molecular weight excluding hydrogens is 244 g/mol. The average Bonchev–Trinajstić information content (AvgIpc) is 2.44. The Kier molecular flexibility index (Phi) is 6.72. The van der Waals surface area contributed by atoms with Crippen molar-refractivity contribution in [2.24, 2.45) is 0 Å². The Bertz CT molecular complexity index is 429. The van der Waals surface area contributed by atoms with Crippen LogP contribution < -0.4 is 14.8 Å². The van der Waals surface area contributed by atoms with Crippen molar-refractivity contribution in [3.05, 3.63) is 23.8 Å². The molecule has 5 heteroatoms. The number of benzene rings is 1. The van der Waals surface area contributed by atoms with Crippen molar-refractivity contribution >= 4 is 0 Å². The van der Waals surface area contributed by atoms with Crippen LogP contribution in [-0.2, 0) is 11.3 Å². The zero-order valence-electron chi connectivity index (χ0n) is 11.6. The van der Waals surface area contributed by atoms with E-state index < -0.39 is 6.10 Å². The first-order valence-electron chi connectivity index (χ1n) is 6.14. The molecule has 0 aliphatic rings. The molecule has 1 rings (SSSR count). The predicted octanol–water partition coefficient (Wildman–Crippen LogP) is 1.72. The number of nitrogens with zero attached hydrogens (tertiary/aromatic N) is 1. The molecule has 19 heavy (non-hydrogen) atoms. The lowest BCUT2D eigenvalue weighted by molar-refractivity contribution is 0.198. The molecular formula is C14H20N2O3. The Hall–Kier alpha value is -1.77. The van der Waals surface area contributed by atoms with Gasteiger partial charge in [0.25, 0.3) is 0 Å². The molecule has 1 aromatic rings. The summed E-state index contributed by atoms with van der Waals surface area (Å²) in [5.74, 6) is 1.25. The quantitative estimate of drug-likeness (QED) is 0.724. The number of methoxy groups -OCH3 is 2. The molecule has 0 saturated heterocycles. The summed E-state index contributed by atoms with van der Waals surface area (Å²) in [6, 6.07) is 7.71. The maximum absolute atomic E-state index is 8.85. The highest BCUT2D eigenvalue weighted by atomic mass is 16.5. The summed E-state index contributed by atoms with van der Waals surface area (Å²) in [7, 11) is 3.25. The fraction of sp³-hybridized carbons (Fsp3) is 0.500. The van der Waals surface area contributed by atoms with Gasteiger partial charge in [0, 0.05) is 25.8 Å². The van der Waals surface area contributed by atoms with E-state index in [4.69, 9.17) is 19.5 Å². The highest BCUT2D eigenvalue weighted by Crippen LogP contribution is 2.31. The van der Waals surface area contributed by atoms with Gasteiger partial charge in [0.15, 0.2) is 17.6 Å². The third-order valence-corrected chi connectivity index (χ3v) is 2.56. The van der Waals surface area contributed by atoms with Crippen LogP contribution in [0.5, 0.6) is 11.5 Å². The first-order valence-corrected chi connectivity index (χ1v) is 6.14. The molecule has 0 aliphatic heterocycles. The summed E-state index contributed by atoms with van der Waals surface area (Å²) in [4.78, 5) is 0. The fourth-order valence-electron chi connectivity index (χ4n) is 1.60. The molecule has 0 bridgehead atoms. The molecule has 0 saturated carbocycles. The lowest BCUT2D eigenvalue weighted by Crippen LogP contribution is -2.20. The van der Waals surface area contributed by atoms with Crippen molar-refractivity contribution in [2.45, 2.75) is 19.6 Å². The maximum Gasteiger partial charge on any atom is 0.181 e. The predicted molar refractivity (Wildman–Crippen MR) is 72.3 cm³/mol. The normalized spacial score (nSPS) is 11.7. The van der Waals surface area contributed by atoms with Gasteiger partial charge in [-0.1, -0.05) is 12.1 Å². The Morgan fingerprint density at radius 1 is 1.37 bits per heavy atom. The van der Waals surface area contributed by atoms with Crippen LogP contribution >= 0.6 is 0 Å². The molecule has 0 aromatic heterocycles. The summed E-state index contributed by atoms with van der Waals surface area (Å²) in [5, 5.41) is 12.1. The summed E-state index contributed by atoms with van der Waals surface area (Å²) in [5.41, 5.74) is 0.956. The van der Waals surface area contributed by atoms with Gasteiger partial charge in [-0.25, -0.2) is 0 Å². The lowest BCUT2D eigenvalue weighted by Gasteiger charge is -2.16. The van der Waals surface area contributed by atoms with Gasteiger partial charge in [-0.3, -0.25) is 0 Å². The maximum atomic E-state index is 8.85. The van der Waals surface area contributed by atoms with Crippen LogP contribution in [0, 0.1) is 11.3 Å². The number of hydrogen-bond acceptors (Lipinski definition) is 5. The summed E-state index contributed by atoms with van der Waals surface area (Å²) < 4.78 is 15.9. The summed E-state index contributed by atoms with van der Waals surface area (Å²) >= 11 is 0. The van der Waals surface area contributed by atoms with E-state index in [1.807, 2.05) is 18.2 Å². The second kappa shape index (κ2) is 8.35. The number of nitriles is 1. The van der Waals surface area contributed by atoms with E-state index in [1.54, 1.807) is 21.1 Å². The van der Waals surface area contributed by atoms with Crippen molar-refractivity contribution < 1.29 is 14.2 Å². The number of nitrogens with one attached hydrogen (secondary N) is 1. The van der Waals surface area contributed by atoms with Crippen molar-refractivity contribution in [1.29, 1.82) is 5.26 Å². The minimum absolute atomic E-state index is 0.519. The van der Waals surface area contributed by atoms with Gasteiger partial charge < -0.3 is 19.5 Å². The molecule has 1 N–H and O–H groups in total. The topological polar surface area (TPSA) is 63.5 Å². The van der Waals surface area contributed by atoms with Crippen LogP contribution in [0.1, 0.15) is 12.5 Å². The monoisotopic (exact) mass is 264 g/mol. The van der Waals surface area contributed by atoms with E-state index in [-0.39, 0.29) is 0 Å². The summed E-state index contributed by atoms with van der Waals surface area (Å²) in [6.45, 7) is 3.73. The molecule has 1 unspecified atom stereocenters. The Labute approximate surface area is 114 Å². The highest BCUT2D eigenvalue weighted by Gasteiger charge is 2.13. The minimum atomic E-state index is -0.519. The van der Waals surface area contributed by atoms with Crippen LogP contribution in [0.3, 0.4) is 0 Å². The first kappa shape index (κ1) is 15.3. The molecule has 0 radical (unpaired) electrons. The van der Waals surface area contributed by atoms with Gasteiger partial charge in [-0.15, -0.1) is 0 Å². The van der Waals surface area contributed by atoms with Crippen molar-refractivity contribution in [2.75, 3.05) is 27.4 Å². The van der Waals surface area contributed by atoms with Gasteiger partial charge in [0.05, 0.1) is 13.7 Å². The molecule has 104 valence electrons. The average molecular weight is 264 g/mol. The van der Waals surface area contributed by atoms with Gasteiger partial charge in [-0.2, -0.15) is 5.26 Å². The molecule has 0 amide bonds. The first-order chi connectivity index (χ1) is 9.22. The Balaban J connectivity index is 2.80. The highest BCUT2D eigenvalue weighted by molar-refractivity contribution is 5.47. The number of para-hydroxylation sites is 1. The molecule has 1 aromatic carbocycles. The number of rotatable bonds is 8. The SMILES string of the molecule is COCCNCc1cccc(OC)c1OC(C)C#N. The van der Waals surface area contributed by atoms with Crippen LogP contribution in [0.15, 0.2) is 18.2 Å². The van der Waals surface area contributed by atoms with Crippen molar-refractivity contribution in [1.82, 2.24) is 5.32 Å².